The molecule has 198 valence electrons. The van der Waals surface area contributed by atoms with E-state index >= 15 is 0 Å². The Bertz CT molecular complexity index is 1690. The van der Waals surface area contributed by atoms with Gasteiger partial charge in [-0.2, -0.15) is 4.98 Å². The van der Waals surface area contributed by atoms with Crippen LogP contribution in [0, 0.1) is 11.6 Å². The van der Waals surface area contributed by atoms with E-state index in [1.165, 1.54) is 28.8 Å². The summed E-state index contributed by atoms with van der Waals surface area (Å²) in [6.45, 7) is 4.86. The molecule has 1 amide bonds. The third-order valence-electron chi connectivity index (χ3n) is 7.03. The van der Waals surface area contributed by atoms with Gasteiger partial charge in [0.05, 0.1) is 18.3 Å². The number of hydrogen-bond acceptors (Lipinski definition) is 6. The van der Waals surface area contributed by atoms with Crippen LogP contribution in [0.1, 0.15) is 5.56 Å². The Hall–Kier alpha value is -4.31. The van der Waals surface area contributed by atoms with E-state index in [1.54, 1.807) is 35.2 Å². The van der Waals surface area contributed by atoms with Gasteiger partial charge in [-0.1, -0.05) is 42.4 Å². The Balaban J connectivity index is 1.59. The molecule has 39 heavy (non-hydrogen) atoms. The number of halogens is 3. The summed E-state index contributed by atoms with van der Waals surface area (Å²) in [7, 11) is 0. The van der Waals surface area contributed by atoms with E-state index in [2.05, 4.69) is 11.6 Å². The summed E-state index contributed by atoms with van der Waals surface area (Å²) in [5, 5.41) is 0.495. The van der Waals surface area contributed by atoms with Crippen molar-refractivity contribution in [1.82, 2.24) is 19.4 Å². The van der Waals surface area contributed by atoms with E-state index in [4.69, 9.17) is 21.3 Å². The highest BCUT2D eigenvalue weighted by Crippen LogP contribution is 2.45. The van der Waals surface area contributed by atoms with Gasteiger partial charge in [-0.3, -0.25) is 9.36 Å². The van der Waals surface area contributed by atoms with Gasteiger partial charge in [-0.15, -0.1) is 0 Å². The van der Waals surface area contributed by atoms with Gasteiger partial charge in [0.2, 0.25) is 5.91 Å². The van der Waals surface area contributed by atoms with Crippen LogP contribution in [0.2, 0.25) is 5.02 Å². The lowest BCUT2D eigenvalue weighted by Gasteiger charge is -2.40. The molecule has 11 heteroatoms. The number of rotatable bonds is 4. The van der Waals surface area contributed by atoms with E-state index in [0.717, 1.165) is 0 Å². The number of piperazine rings is 1. The number of pyridine rings is 1. The number of amides is 1. The molecule has 0 spiro atoms. The van der Waals surface area contributed by atoms with E-state index in [1.807, 2.05) is 4.90 Å². The maximum absolute atomic E-state index is 14.9. The van der Waals surface area contributed by atoms with Gasteiger partial charge in [0, 0.05) is 25.2 Å². The predicted octanol–water partition coefficient (Wildman–Crippen LogP) is 4.03. The van der Waals surface area contributed by atoms with E-state index in [-0.39, 0.29) is 52.8 Å². The fourth-order valence-corrected chi connectivity index (χ4v) is 5.39. The van der Waals surface area contributed by atoms with Gasteiger partial charge in [0.1, 0.15) is 34.5 Å². The van der Waals surface area contributed by atoms with Crippen molar-refractivity contribution in [2.45, 2.75) is 12.6 Å². The van der Waals surface area contributed by atoms with Crippen LogP contribution in [0.5, 0.6) is 5.75 Å². The average molecular weight is 550 g/mol. The first-order valence-electron chi connectivity index (χ1n) is 12.3. The number of carbonyl (C=O) groups excluding carboxylic acids is 1. The molecule has 6 rings (SSSR count). The van der Waals surface area contributed by atoms with Crippen LogP contribution in [0.4, 0.5) is 14.6 Å². The normalized spacial score (nSPS) is 16.4. The minimum atomic E-state index is -0.590. The molecule has 1 saturated heterocycles. The Morgan fingerprint density at radius 2 is 1.90 bits per heavy atom. The zero-order valence-corrected chi connectivity index (χ0v) is 21.4. The predicted molar refractivity (Wildman–Crippen MR) is 143 cm³/mol. The molecule has 0 unspecified atom stereocenters. The van der Waals surface area contributed by atoms with Gasteiger partial charge in [0.15, 0.2) is 11.4 Å². The highest BCUT2D eigenvalue weighted by molar-refractivity contribution is 6.36. The van der Waals surface area contributed by atoms with E-state index in [0.29, 0.717) is 36.4 Å². The summed E-state index contributed by atoms with van der Waals surface area (Å²) in [4.78, 5) is 38.5. The molecule has 2 aliphatic rings. The van der Waals surface area contributed by atoms with E-state index in [9.17, 15) is 18.4 Å². The number of carbonyl (C=O) groups is 1. The third kappa shape index (κ3) is 4.30. The van der Waals surface area contributed by atoms with Crippen LogP contribution in [0.3, 0.4) is 0 Å². The van der Waals surface area contributed by atoms with Crippen LogP contribution >= 0.6 is 11.6 Å². The molecule has 4 aromatic rings. The smallest absolute Gasteiger partial charge is 0.351 e. The van der Waals surface area contributed by atoms with Crippen LogP contribution in [0.25, 0.3) is 22.3 Å². The first-order chi connectivity index (χ1) is 18.9. The largest absolute Gasteiger partial charge is 0.489 e. The van der Waals surface area contributed by atoms with Gasteiger partial charge in [-0.25, -0.2) is 18.6 Å². The van der Waals surface area contributed by atoms with Crippen LogP contribution < -0.4 is 15.3 Å². The molecular formula is C28H22ClF2N5O3. The van der Waals surface area contributed by atoms with Crippen molar-refractivity contribution in [3.8, 4) is 17.0 Å². The minimum Gasteiger partial charge on any atom is -0.489 e. The minimum absolute atomic E-state index is 0.0404. The van der Waals surface area contributed by atoms with Crippen LogP contribution in [-0.4, -0.2) is 57.6 Å². The molecule has 0 N–H and O–H groups in total. The van der Waals surface area contributed by atoms with Crippen LogP contribution in [-0.2, 0) is 11.3 Å². The third-order valence-corrected chi connectivity index (χ3v) is 7.38. The number of benzene rings is 2. The topological polar surface area (TPSA) is 80.6 Å². The highest BCUT2D eigenvalue weighted by Gasteiger charge is 2.36. The molecule has 0 aliphatic carbocycles. The van der Waals surface area contributed by atoms with Crippen molar-refractivity contribution in [2.24, 2.45) is 0 Å². The molecule has 1 fully saturated rings. The number of hydrogen-bond donors (Lipinski definition) is 0. The molecule has 0 radical (unpaired) electrons. The lowest BCUT2D eigenvalue weighted by molar-refractivity contribution is -0.126. The van der Waals surface area contributed by atoms with Crippen LogP contribution in [0.15, 0.2) is 66.0 Å². The van der Waals surface area contributed by atoms with Gasteiger partial charge < -0.3 is 14.5 Å². The SMILES string of the molecule is C=CC(=O)N1CCN2c3nc(=O)n(Cc4ccc(F)cc4)c4nc(-c5ccccc5F)c(Cl)c(c34)OC[C@H]2C1. The molecule has 8 nitrogen and oxygen atoms in total. The second kappa shape index (κ2) is 9.77. The highest BCUT2D eigenvalue weighted by atomic mass is 35.5. The van der Waals surface area contributed by atoms with Gasteiger partial charge in [-0.05, 0) is 35.9 Å². The van der Waals surface area contributed by atoms with Gasteiger partial charge in [0.25, 0.3) is 0 Å². The zero-order chi connectivity index (χ0) is 27.3. The first-order valence-corrected chi connectivity index (χ1v) is 12.7. The Labute approximate surface area is 226 Å². The molecule has 1 atom stereocenters. The van der Waals surface area contributed by atoms with Crippen molar-refractivity contribution in [3.05, 3.63) is 93.9 Å². The number of nitrogens with zero attached hydrogens (tertiary/aromatic N) is 5. The van der Waals surface area contributed by atoms with Gasteiger partial charge >= 0.3 is 5.69 Å². The standard InChI is InChI=1S/C28H22ClF2N5O3/c1-2-21(37)34-11-12-35-18(14-34)15-39-25-22-26(32-24(23(25)29)19-5-3-4-6-20(19)31)36(28(38)33-27(22)35)13-16-7-9-17(30)10-8-16/h2-10,18H,1,11-15H2/t18-/m1/s1. The second-order valence-electron chi connectivity index (χ2n) is 9.36. The maximum Gasteiger partial charge on any atom is 0.351 e. The average Bonchev–Trinajstić information content (AvgIpc) is 3.10. The van der Waals surface area contributed by atoms with Crippen molar-refractivity contribution in [1.29, 1.82) is 0 Å². The summed E-state index contributed by atoms with van der Waals surface area (Å²) in [5.74, 6) is -0.581. The first kappa shape index (κ1) is 25.0. The second-order valence-corrected chi connectivity index (χ2v) is 9.74. The molecular weight excluding hydrogens is 528 g/mol. The lowest BCUT2D eigenvalue weighted by Crippen LogP contribution is -2.56. The Morgan fingerprint density at radius 3 is 2.64 bits per heavy atom. The van der Waals surface area contributed by atoms with Crippen molar-refractivity contribution in [2.75, 3.05) is 31.1 Å². The summed E-state index contributed by atoms with van der Waals surface area (Å²) >= 11 is 6.83. The monoisotopic (exact) mass is 549 g/mol. The lowest BCUT2D eigenvalue weighted by atomic mass is 10.1. The summed E-state index contributed by atoms with van der Waals surface area (Å²) in [6, 6.07) is 11.5. The summed E-state index contributed by atoms with van der Waals surface area (Å²) in [5.41, 5.74) is 0.521. The number of ether oxygens (including phenoxy) is 1. The fraction of sp³-hybridized carbons (Fsp3) is 0.214. The summed E-state index contributed by atoms with van der Waals surface area (Å²) in [6.07, 6.45) is 1.26. The molecule has 2 aliphatic heterocycles. The summed E-state index contributed by atoms with van der Waals surface area (Å²) < 4.78 is 36.0. The van der Waals surface area contributed by atoms with Crippen molar-refractivity contribution < 1.29 is 18.3 Å². The fourth-order valence-electron chi connectivity index (χ4n) is 5.10. The Kier molecular flexibility index (Phi) is 6.26. The van der Waals surface area contributed by atoms with Crippen molar-refractivity contribution >= 4 is 34.4 Å². The number of fused-ring (bicyclic) bond motifs is 2. The molecule has 0 saturated carbocycles. The zero-order valence-electron chi connectivity index (χ0n) is 20.6. The Morgan fingerprint density at radius 1 is 1.13 bits per heavy atom. The molecule has 4 heterocycles. The number of anilines is 1. The quantitative estimate of drug-likeness (QED) is 0.358. The number of aromatic nitrogens is 3. The molecule has 2 aromatic heterocycles. The molecule has 0 bridgehead atoms. The maximum atomic E-state index is 14.9. The van der Waals surface area contributed by atoms with Crippen molar-refractivity contribution in [3.63, 3.8) is 0 Å². The molecule has 2 aromatic carbocycles. The van der Waals surface area contributed by atoms with E-state index < -0.39 is 17.3 Å².